The minimum absolute atomic E-state index is 0.0287. The average molecular weight is 431 g/mol. The highest BCUT2D eigenvalue weighted by Gasteiger charge is 2.26. The summed E-state index contributed by atoms with van der Waals surface area (Å²) in [5, 5.41) is 6.66. The number of piperazine rings is 1. The predicted molar refractivity (Wildman–Crippen MR) is 119 cm³/mol. The summed E-state index contributed by atoms with van der Waals surface area (Å²) < 4.78 is 0. The van der Waals surface area contributed by atoms with Crippen molar-refractivity contribution in [3.63, 3.8) is 0 Å². The highest BCUT2D eigenvalue weighted by atomic mass is 35.5. The van der Waals surface area contributed by atoms with E-state index in [-0.39, 0.29) is 11.8 Å². The Morgan fingerprint density at radius 2 is 1.53 bits per heavy atom. The van der Waals surface area contributed by atoms with Gasteiger partial charge in [-0.1, -0.05) is 41.9 Å². The summed E-state index contributed by atoms with van der Waals surface area (Å²) >= 11 is 6.13. The maximum Gasteiger partial charge on any atom is 0.279 e. The van der Waals surface area contributed by atoms with Gasteiger partial charge in [0.05, 0.1) is 0 Å². The molecular weight excluding hydrogens is 400 g/mol. The molecule has 3 rings (SSSR count). The quantitative estimate of drug-likeness (QED) is 0.499. The number of benzene rings is 2. The van der Waals surface area contributed by atoms with E-state index in [1.54, 1.807) is 0 Å². The fourth-order valence-electron chi connectivity index (χ4n) is 3.74. The van der Waals surface area contributed by atoms with E-state index in [1.165, 1.54) is 15.4 Å². The molecule has 0 unspecified atom stereocenters. The standard InChI is InChI=1S/C23H29ClN4O2/c1-17-6-5-9-21(18(17)2)26-23(30)16-28-12-10-27(11-13-28)15-22(29)25-14-19-7-3-4-8-20(19)24/h3-9H,10-16H2,1-2H3,(H,25,29)(H,26,30)/p+2. The van der Waals surface area contributed by atoms with Crippen molar-refractivity contribution < 1.29 is 19.4 Å². The van der Waals surface area contributed by atoms with Gasteiger partial charge in [-0.15, -0.1) is 0 Å². The number of halogens is 1. The van der Waals surface area contributed by atoms with Gasteiger partial charge in [0.15, 0.2) is 13.1 Å². The maximum absolute atomic E-state index is 12.4. The molecule has 6 nitrogen and oxygen atoms in total. The molecule has 0 saturated carbocycles. The molecule has 2 amide bonds. The van der Waals surface area contributed by atoms with E-state index in [9.17, 15) is 9.59 Å². The second kappa shape index (κ2) is 10.6. The second-order valence-corrected chi connectivity index (χ2v) is 8.42. The Morgan fingerprint density at radius 3 is 2.20 bits per heavy atom. The number of anilines is 1. The van der Waals surface area contributed by atoms with Crippen LogP contribution in [-0.4, -0.2) is 51.1 Å². The van der Waals surface area contributed by atoms with Crippen LogP contribution < -0.4 is 20.4 Å². The third-order valence-corrected chi connectivity index (χ3v) is 6.17. The summed E-state index contributed by atoms with van der Waals surface area (Å²) in [6.07, 6.45) is 0. The molecule has 1 saturated heterocycles. The lowest BCUT2D eigenvalue weighted by molar-refractivity contribution is -1.00. The number of amides is 2. The Kier molecular flexibility index (Phi) is 7.85. The molecule has 0 aromatic heterocycles. The van der Waals surface area contributed by atoms with Gasteiger partial charge in [-0.3, -0.25) is 9.59 Å². The molecule has 30 heavy (non-hydrogen) atoms. The summed E-state index contributed by atoms with van der Waals surface area (Å²) in [4.78, 5) is 27.2. The minimum atomic E-state index is 0.0287. The summed E-state index contributed by atoms with van der Waals surface area (Å²) in [7, 11) is 0. The zero-order valence-corrected chi connectivity index (χ0v) is 18.4. The number of rotatable bonds is 7. The maximum atomic E-state index is 12.4. The molecule has 1 aliphatic rings. The van der Waals surface area contributed by atoms with Crippen molar-refractivity contribution in [2.75, 3.05) is 44.6 Å². The molecule has 2 aromatic rings. The van der Waals surface area contributed by atoms with Crippen LogP contribution in [0.25, 0.3) is 0 Å². The van der Waals surface area contributed by atoms with E-state index < -0.39 is 0 Å². The van der Waals surface area contributed by atoms with Crippen molar-refractivity contribution in [1.82, 2.24) is 5.32 Å². The van der Waals surface area contributed by atoms with Crippen LogP contribution in [0.5, 0.6) is 0 Å². The van der Waals surface area contributed by atoms with Gasteiger partial charge in [-0.05, 0) is 42.7 Å². The van der Waals surface area contributed by atoms with Crippen LogP contribution in [0.1, 0.15) is 16.7 Å². The van der Waals surface area contributed by atoms with Crippen LogP contribution in [0, 0.1) is 13.8 Å². The van der Waals surface area contributed by atoms with Gasteiger partial charge < -0.3 is 20.4 Å². The smallest absolute Gasteiger partial charge is 0.279 e. The molecular formula is C23H31ClN4O2+2. The van der Waals surface area contributed by atoms with Gasteiger partial charge in [0, 0.05) is 17.3 Å². The lowest BCUT2D eigenvalue weighted by Crippen LogP contribution is -3.28. The zero-order valence-electron chi connectivity index (χ0n) is 17.7. The molecule has 1 heterocycles. The van der Waals surface area contributed by atoms with Crippen LogP contribution in [0.15, 0.2) is 42.5 Å². The zero-order chi connectivity index (χ0) is 21.5. The Morgan fingerprint density at radius 1 is 0.900 bits per heavy atom. The number of hydrogen-bond donors (Lipinski definition) is 4. The fourth-order valence-corrected chi connectivity index (χ4v) is 3.95. The van der Waals surface area contributed by atoms with E-state index in [4.69, 9.17) is 11.6 Å². The molecule has 0 radical (unpaired) electrons. The Balaban J connectivity index is 1.38. The first kappa shape index (κ1) is 22.3. The predicted octanol–water partition coefficient (Wildman–Crippen LogP) is -0.00486. The van der Waals surface area contributed by atoms with Crippen LogP contribution in [0.2, 0.25) is 5.02 Å². The molecule has 0 atom stereocenters. The highest BCUT2D eigenvalue weighted by molar-refractivity contribution is 6.31. The number of aryl methyl sites for hydroxylation is 1. The van der Waals surface area contributed by atoms with Crippen molar-refractivity contribution in [3.05, 3.63) is 64.2 Å². The van der Waals surface area contributed by atoms with Crippen molar-refractivity contribution in [1.29, 1.82) is 0 Å². The Bertz CT molecular complexity index is 895. The first-order chi connectivity index (χ1) is 14.4. The summed E-state index contributed by atoms with van der Waals surface area (Å²) in [6, 6.07) is 13.5. The molecule has 4 N–H and O–H groups in total. The third kappa shape index (κ3) is 6.29. The van der Waals surface area contributed by atoms with Gasteiger partial charge in [0.2, 0.25) is 0 Å². The van der Waals surface area contributed by atoms with Gasteiger partial charge >= 0.3 is 0 Å². The van der Waals surface area contributed by atoms with Crippen LogP contribution in [0.3, 0.4) is 0 Å². The number of hydrogen-bond acceptors (Lipinski definition) is 2. The molecule has 0 spiro atoms. The number of nitrogens with one attached hydrogen (secondary N) is 4. The molecule has 0 aliphatic carbocycles. The monoisotopic (exact) mass is 430 g/mol. The molecule has 7 heteroatoms. The third-order valence-electron chi connectivity index (χ3n) is 5.80. The SMILES string of the molecule is Cc1cccc(NC(=O)C[NH+]2CC[NH+](CC(=O)NCc3ccccc3Cl)CC2)c1C. The molecule has 1 aliphatic heterocycles. The van der Waals surface area contributed by atoms with Crippen molar-refractivity contribution >= 4 is 29.1 Å². The van der Waals surface area contributed by atoms with E-state index >= 15 is 0 Å². The fraction of sp³-hybridized carbons (Fsp3) is 0.391. The van der Waals surface area contributed by atoms with E-state index in [1.807, 2.05) is 56.3 Å². The lowest BCUT2D eigenvalue weighted by Gasteiger charge is -2.29. The first-order valence-electron chi connectivity index (χ1n) is 10.5. The highest BCUT2D eigenvalue weighted by Crippen LogP contribution is 2.17. The van der Waals surface area contributed by atoms with Gasteiger partial charge in [-0.2, -0.15) is 0 Å². The van der Waals surface area contributed by atoms with Gasteiger partial charge in [-0.25, -0.2) is 0 Å². The normalized spacial score (nSPS) is 18.6. The summed E-state index contributed by atoms with van der Waals surface area (Å²) in [5.74, 6) is 0.0701. The van der Waals surface area contributed by atoms with Crippen molar-refractivity contribution in [3.8, 4) is 0 Å². The molecule has 160 valence electrons. The molecule has 2 aromatic carbocycles. The van der Waals surface area contributed by atoms with E-state index in [0.29, 0.717) is 24.7 Å². The first-order valence-corrected chi connectivity index (χ1v) is 10.8. The second-order valence-electron chi connectivity index (χ2n) is 8.02. The lowest BCUT2D eigenvalue weighted by atomic mass is 10.1. The van der Waals surface area contributed by atoms with Crippen LogP contribution >= 0.6 is 11.6 Å². The Hall–Kier alpha value is -2.41. The van der Waals surface area contributed by atoms with E-state index in [0.717, 1.165) is 43.0 Å². The van der Waals surface area contributed by atoms with Crippen LogP contribution in [0.4, 0.5) is 5.69 Å². The largest absolute Gasteiger partial charge is 0.347 e. The number of quaternary nitrogens is 2. The van der Waals surface area contributed by atoms with Gasteiger partial charge in [0.1, 0.15) is 26.2 Å². The topological polar surface area (TPSA) is 67.1 Å². The van der Waals surface area contributed by atoms with Crippen molar-refractivity contribution in [2.45, 2.75) is 20.4 Å². The van der Waals surface area contributed by atoms with Crippen molar-refractivity contribution in [2.24, 2.45) is 0 Å². The number of carbonyl (C=O) groups is 2. The summed E-state index contributed by atoms with van der Waals surface area (Å²) in [5.41, 5.74) is 4.09. The van der Waals surface area contributed by atoms with E-state index in [2.05, 4.69) is 10.6 Å². The number of carbonyl (C=O) groups excluding carboxylic acids is 2. The van der Waals surface area contributed by atoms with Crippen LogP contribution in [-0.2, 0) is 16.1 Å². The molecule has 1 fully saturated rings. The summed E-state index contributed by atoms with van der Waals surface area (Å²) in [6.45, 7) is 8.95. The van der Waals surface area contributed by atoms with Gasteiger partial charge in [0.25, 0.3) is 11.8 Å². The molecule has 0 bridgehead atoms. The average Bonchev–Trinajstić information content (AvgIpc) is 2.72. The minimum Gasteiger partial charge on any atom is -0.347 e. The Labute approximate surface area is 183 Å².